The summed E-state index contributed by atoms with van der Waals surface area (Å²) < 4.78 is 22.0. The van der Waals surface area contributed by atoms with Gasteiger partial charge in [0.2, 0.25) is 11.8 Å². The van der Waals surface area contributed by atoms with E-state index in [-0.39, 0.29) is 0 Å². The van der Waals surface area contributed by atoms with E-state index >= 15 is 0 Å². The summed E-state index contributed by atoms with van der Waals surface area (Å²) in [7, 11) is 3.24. The molecular weight excluding hydrogens is 434 g/mol. The molecule has 0 aliphatic rings. The van der Waals surface area contributed by atoms with Gasteiger partial charge in [0, 0.05) is 10.6 Å². The van der Waals surface area contributed by atoms with Crippen molar-refractivity contribution >= 4 is 29.2 Å². The summed E-state index contributed by atoms with van der Waals surface area (Å²) in [6.45, 7) is 4.09. The highest BCUT2D eigenvalue weighted by atomic mass is 32.2. The number of hydrogen-bond donors (Lipinski definition) is 1. The number of thiazole rings is 1. The van der Waals surface area contributed by atoms with Crippen molar-refractivity contribution in [1.29, 1.82) is 0 Å². The number of nitrogens with one attached hydrogen (secondary N) is 1. The zero-order valence-electron chi connectivity index (χ0n) is 17.7. The summed E-state index contributed by atoms with van der Waals surface area (Å²) >= 11 is 3.30. The van der Waals surface area contributed by atoms with Crippen LogP contribution < -0.4 is 14.2 Å². The molecule has 1 aromatic carbocycles. The van der Waals surface area contributed by atoms with Crippen LogP contribution in [0.4, 0.5) is 5.95 Å². The molecule has 3 aromatic heterocycles. The highest BCUT2D eigenvalue weighted by molar-refractivity contribution is 8.00. The molecule has 0 aliphatic carbocycles. The van der Waals surface area contributed by atoms with Crippen LogP contribution in [0.25, 0.3) is 17.3 Å². The second-order valence-corrected chi connectivity index (χ2v) is 8.80. The molecule has 0 spiro atoms. The molecule has 3 heterocycles. The molecule has 0 radical (unpaired) electrons. The molecular formula is C21H23N5O3S2. The molecule has 31 heavy (non-hydrogen) atoms. The number of aryl methyl sites for hydroxylation is 3. The number of rotatable bonds is 9. The number of aromatic nitrogens is 4. The Morgan fingerprint density at radius 2 is 1.87 bits per heavy atom. The Bertz CT molecular complexity index is 1130. The van der Waals surface area contributed by atoms with Crippen molar-refractivity contribution in [2.45, 2.75) is 20.3 Å². The largest absolute Gasteiger partial charge is 0.494 e. The monoisotopic (exact) mass is 457 g/mol. The fourth-order valence-corrected chi connectivity index (χ4v) is 4.98. The number of methoxy groups -OCH3 is 2. The van der Waals surface area contributed by atoms with Crippen molar-refractivity contribution < 1.29 is 13.9 Å². The van der Waals surface area contributed by atoms with Crippen molar-refractivity contribution in [2.75, 3.05) is 24.7 Å². The first kappa shape index (κ1) is 21.3. The molecule has 4 aromatic rings. The number of benzene rings is 1. The van der Waals surface area contributed by atoms with Crippen LogP contribution in [-0.2, 0) is 6.42 Å². The van der Waals surface area contributed by atoms with Crippen LogP contribution in [0, 0.1) is 13.8 Å². The Labute approximate surface area is 188 Å². The zero-order chi connectivity index (χ0) is 21.8. The second kappa shape index (κ2) is 9.44. The van der Waals surface area contributed by atoms with E-state index in [9.17, 15) is 0 Å². The maximum Gasteiger partial charge on any atom is 0.239 e. The number of ether oxygens (including phenoxy) is 2. The predicted octanol–water partition coefficient (Wildman–Crippen LogP) is 4.92. The van der Waals surface area contributed by atoms with Gasteiger partial charge in [-0.05, 0) is 56.5 Å². The highest BCUT2D eigenvalue weighted by Gasteiger charge is 2.23. The van der Waals surface area contributed by atoms with Gasteiger partial charge in [0.25, 0.3) is 0 Å². The van der Waals surface area contributed by atoms with E-state index < -0.39 is 0 Å². The van der Waals surface area contributed by atoms with Gasteiger partial charge in [0.05, 0.1) is 31.2 Å². The van der Waals surface area contributed by atoms with Crippen LogP contribution in [0.1, 0.15) is 15.6 Å². The molecule has 0 bridgehead atoms. The highest BCUT2D eigenvalue weighted by Crippen LogP contribution is 2.38. The van der Waals surface area contributed by atoms with Crippen molar-refractivity contribution in [3.63, 3.8) is 0 Å². The van der Waals surface area contributed by atoms with Crippen LogP contribution >= 0.6 is 23.3 Å². The molecule has 162 valence electrons. The molecule has 10 heteroatoms. The molecule has 0 amide bonds. The first-order chi connectivity index (χ1) is 15.1. The fraction of sp³-hybridized carbons (Fsp3) is 0.286. The number of anilines is 1. The lowest BCUT2D eigenvalue weighted by Crippen LogP contribution is -2.07. The third-order valence-corrected chi connectivity index (χ3v) is 6.49. The van der Waals surface area contributed by atoms with Gasteiger partial charge >= 0.3 is 0 Å². The summed E-state index contributed by atoms with van der Waals surface area (Å²) in [4.78, 5) is 5.80. The van der Waals surface area contributed by atoms with E-state index in [2.05, 4.69) is 26.8 Å². The van der Waals surface area contributed by atoms with E-state index in [0.29, 0.717) is 34.7 Å². The minimum atomic E-state index is 0.546. The van der Waals surface area contributed by atoms with Gasteiger partial charge in [0.15, 0.2) is 5.76 Å². The van der Waals surface area contributed by atoms with Crippen molar-refractivity contribution in [2.24, 2.45) is 0 Å². The van der Waals surface area contributed by atoms with Gasteiger partial charge in [-0.15, -0.1) is 21.5 Å². The summed E-state index contributed by atoms with van der Waals surface area (Å²) in [6, 6.07) is 9.27. The van der Waals surface area contributed by atoms with E-state index in [0.717, 1.165) is 22.9 Å². The molecule has 0 saturated heterocycles. The fourth-order valence-electron chi connectivity index (χ4n) is 3.24. The Balaban J connectivity index is 1.64. The molecule has 0 fully saturated rings. The van der Waals surface area contributed by atoms with Gasteiger partial charge in [-0.3, -0.25) is 9.29 Å². The normalized spacial score (nSPS) is 11.0. The minimum Gasteiger partial charge on any atom is -0.494 e. The summed E-state index contributed by atoms with van der Waals surface area (Å²) in [5, 5.41) is 9.82. The second-order valence-electron chi connectivity index (χ2n) is 6.61. The lowest BCUT2D eigenvalue weighted by Gasteiger charge is -2.16. The predicted molar refractivity (Wildman–Crippen MR) is 124 cm³/mol. The smallest absolute Gasteiger partial charge is 0.239 e. The van der Waals surface area contributed by atoms with E-state index in [1.54, 1.807) is 43.8 Å². The van der Waals surface area contributed by atoms with Gasteiger partial charge in [0.1, 0.15) is 17.2 Å². The first-order valence-electron chi connectivity index (χ1n) is 9.63. The van der Waals surface area contributed by atoms with Crippen LogP contribution in [0.2, 0.25) is 0 Å². The van der Waals surface area contributed by atoms with Gasteiger partial charge in [-0.25, -0.2) is 4.98 Å². The van der Waals surface area contributed by atoms with Crippen molar-refractivity contribution in [3.05, 3.63) is 52.2 Å². The number of nitrogens with zero attached hydrogens (tertiary/aromatic N) is 4. The Hall–Kier alpha value is -2.98. The SMILES string of the molecule is COc1cccc(OC)c1-n1c(NSCCc2sc(C)nc2C)nnc1-c1ccco1. The van der Waals surface area contributed by atoms with Crippen LogP contribution in [0.15, 0.2) is 41.0 Å². The molecule has 0 unspecified atom stereocenters. The quantitative estimate of drug-likeness (QED) is 0.280. The summed E-state index contributed by atoms with van der Waals surface area (Å²) in [5.41, 5.74) is 1.80. The maximum absolute atomic E-state index is 5.61. The van der Waals surface area contributed by atoms with Gasteiger partial charge < -0.3 is 13.9 Å². The average molecular weight is 458 g/mol. The summed E-state index contributed by atoms with van der Waals surface area (Å²) in [5.74, 6) is 3.82. The van der Waals surface area contributed by atoms with Crippen molar-refractivity contribution in [1.82, 2.24) is 19.7 Å². The molecule has 0 atom stereocenters. The van der Waals surface area contributed by atoms with Gasteiger partial charge in [-0.2, -0.15) is 0 Å². The molecule has 8 nitrogen and oxygen atoms in total. The number of furan rings is 1. The van der Waals surface area contributed by atoms with E-state index in [1.165, 1.54) is 4.88 Å². The lowest BCUT2D eigenvalue weighted by atomic mass is 10.2. The molecule has 0 saturated carbocycles. The minimum absolute atomic E-state index is 0.546. The summed E-state index contributed by atoms with van der Waals surface area (Å²) in [6.07, 6.45) is 2.53. The van der Waals surface area contributed by atoms with Crippen LogP contribution in [0.5, 0.6) is 11.5 Å². The Morgan fingerprint density at radius 1 is 1.10 bits per heavy atom. The zero-order valence-corrected chi connectivity index (χ0v) is 19.3. The third-order valence-electron chi connectivity index (χ3n) is 4.62. The topological polar surface area (TPSA) is 87.2 Å². The van der Waals surface area contributed by atoms with Crippen molar-refractivity contribution in [3.8, 4) is 28.8 Å². The van der Waals surface area contributed by atoms with E-state index in [4.69, 9.17) is 13.9 Å². The Kier molecular flexibility index (Phi) is 6.47. The standard InChI is InChI=1S/C21H23N5O3S2/c1-13-18(31-14(2)22-13)10-12-30-25-21-24-23-20(17-9-6-11-29-17)26(21)19-15(27-3)7-5-8-16(19)28-4/h5-9,11H,10,12H2,1-4H3,(H,24,25). The third kappa shape index (κ3) is 4.40. The van der Waals surface area contributed by atoms with E-state index in [1.807, 2.05) is 41.8 Å². The lowest BCUT2D eigenvalue weighted by molar-refractivity contribution is 0.391. The number of hydrogen-bond acceptors (Lipinski definition) is 9. The van der Waals surface area contributed by atoms with Gasteiger partial charge in [-0.1, -0.05) is 6.07 Å². The Morgan fingerprint density at radius 3 is 2.48 bits per heavy atom. The first-order valence-corrected chi connectivity index (χ1v) is 11.4. The molecule has 1 N–H and O–H groups in total. The average Bonchev–Trinajstić information content (AvgIpc) is 3.50. The van der Waals surface area contributed by atoms with Crippen LogP contribution in [-0.4, -0.2) is 39.7 Å². The molecule has 0 aliphatic heterocycles. The van der Waals surface area contributed by atoms with Crippen LogP contribution in [0.3, 0.4) is 0 Å². The maximum atomic E-state index is 5.61. The number of para-hydroxylation sites is 1. The molecule has 4 rings (SSSR count).